The van der Waals surface area contributed by atoms with Gasteiger partial charge in [-0.1, -0.05) is 12.1 Å². The number of hydrogen-bond acceptors (Lipinski definition) is 2. The fraction of sp³-hybridized carbons (Fsp3) is 0. The molecule has 0 N–H and O–H groups in total. The lowest BCUT2D eigenvalue weighted by Crippen LogP contribution is -1.98. The van der Waals surface area contributed by atoms with Crippen molar-refractivity contribution in [3.63, 3.8) is 0 Å². The lowest BCUT2D eigenvalue weighted by molar-refractivity contribution is 0.628. The van der Waals surface area contributed by atoms with Gasteiger partial charge < -0.3 is 0 Å². The van der Waals surface area contributed by atoms with E-state index in [2.05, 4.69) is 10.1 Å². The van der Waals surface area contributed by atoms with Gasteiger partial charge >= 0.3 is 0 Å². The number of aromatic nitrogens is 4. The van der Waals surface area contributed by atoms with Crippen LogP contribution in [0.5, 0.6) is 0 Å². The molecule has 0 saturated carbocycles. The number of imidazole rings is 1. The molecule has 0 spiro atoms. The quantitative estimate of drug-likeness (QED) is 0.392. The molecule has 0 bridgehead atoms. The van der Waals surface area contributed by atoms with Crippen LogP contribution in [0, 0.1) is 11.6 Å². The highest BCUT2D eigenvalue weighted by molar-refractivity contribution is 5.85. The normalized spacial score (nSPS) is 10.8. The van der Waals surface area contributed by atoms with Crippen molar-refractivity contribution in [3.05, 3.63) is 97.0 Å². The van der Waals surface area contributed by atoms with Crippen molar-refractivity contribution >= 4 is 18.1 Å². The van der Waals surface area contributed by atoms with Crippen LogP contribution >= 0.6 is 12.4 Å². The topological polar surface area (TPSA) is 35.1 Å². The maximum Gasteiger partial charge on any atom is 0.137 e. The zero-order chi connectivity index (χ0) is 19.1. The molecule has 0 amide bonds. The van der Waals surface area contributed by atoms with Gasteiger partial charge in [0, 0.05) is 23.5 Å². The molecule has 0 aliphatic heterocycles. The molecule has 0 aliphatic rings. The summed E-state index contributed by atoms with van der Waals surface area (Å²) in [6.45, 7) is 0. The van der Waals surface area contributed by atoms with Crippen molar-refractivity contribution < 1.29 is 8.78 Å². The Morgan fingerprint density at radius 3 is 2.41 bits per heavy atom. The predicted molar refractivity (Wildman–Crippen MR) is 110 cm³/mol. The molecule has 0 unspecified atom stereocenters. The van der Waals surface area contributed by atoms with Gasteiger partial charge in [0.05, 0.1) is 23.3 Å². The van der Waals surface area contributed by atoms with Crippen LogP contribution in [0.2, 0.25) is 0 Å². The van der Waals surface area contributed by atoms with Gasteiger partial charge in [-0.25, -0.2) is 18.4 Å². The zero-order valence-electron chi connectivity index (χ0n) is 15.0. The average Bonchev–Trinajstić information content (AvgIpc) is 3.36. The highest BCUT2D eigenvalue weighted by Crippen LogP contribution is 2.24. The van der Waals surface area contributed by atoms with Crippen LogP contribution in [-0.2, 0) is 0 Å². The second-order valence-corrected chi connectivity index (χ2v) is 6.39. The van der Waals surface area contributed by atoms with E-state index in [1.165, 1.54) is 18.2 Å². The molecule has 29 heavy (non-hydrogen) atoms. The van der Waals surface area contributed by atoms with Gasteiger partial charge in [0.25, 0.3) is 0 Å². The van der Waals surface area contributed by atoms with E-state index in [4.69, 9.17) is 0 Å². The molecular formula is C22H15ClF2N4. The fourth-order valence-electron chi connectivity index (χ4n) is 3.22. The molecule has 0 atom stereocenters. The van der Waals surface area contributed by atoms with Crippen LogP contribution < -0.4 is 0 Å². The largest absolute Gasteiger partial charge is 0.298 e. The van der Waals surface area contributed by atoms with E-state index in [1.54, 1.807) is 53.5 Å². The van der Waals surface area contributed by atoms with Gasteiger partial charge in [0.2, 0.25) is 0 Å². The third-order valence-electron chi connectivity index (χ3n) is 4.63. The Hall–Kier alpha value is -3.51. The number of fused-ring (bicyclic) bond motifs is 1. The Labute approximate surface area is 171 Å². The van der Waals surface area contributed by atoms with Gasteiger partial charge in [0.15, 0.2) is 0 Å². The van der Waals surface area contributed by atoms with Crippen molar-refractivity contribution in [3.8, 4) is 28.2 Å². The molecule has 0 fully saturated rings. The minimum atomic E-state index is -0.309. The van der Waals surface area contributed by atoms with Gasteiger partial charge in [-0.2, -0.15) is 5.10 Å². The molecule has 0 aliphatic carbocycles. The van der Waals surface area contributed by atoms with Crippen LogP contribution in [0.25, 0.3) is 33.8 Å². The number of halogens is 3. The Morgan fingerprint density at radius 1 is 0.828 bits per heavy atom. The molecule has 3 aromatic heterocycles. The van der Waals surface area contributed by atoms with E-state index < -0.39 is 0 Å². The van der Waals surface area contributed by atoms with E-state index in [0.717, 1.165) is 22.6 Å². The zero-order valence-corrected chi connectivity index (χ0v) is 15.9. The van der Waals surface area contributed by atoms with Gasteiger partial charge in [-0.05, 0) is 54.6 Å². The van der Waals surface area contributed by atoms with Crippen molar-refractivity contribution in [2.24, 2.45) is 0 Å². The summed E-state index contributed by atoms with van der Waals surface area (Å²) < 4.78 is 30.9. The first-order chi connectivity index (χ1) is 13.7. The minimum absolute atomic E-state index is 0. The molecule has 0 saturated heterocycles. The second kappa shape index (κ2) is 7.48. The van der Waals surface area contributed by atoms with Crippen molar-refractivity contribution in [1.82, 2.24) is 19.2 Å². The van der Waals surface area contributed by atoms with Crippen molar-refractivity contribution in [2.45, 2.75) is 0 Å². The van der Waals surface area contributed by atoms with E-state index in [9.17, 15) is 8.78 Å². The van der Waals surface area contributed by atoms with Crippen LogP contribution in [0.15, 0.2) is 85.3 Å². The van der Waals surface area contributed by atoms with Crippen molar-refractivity contribution in [1.29, 1.82) is 0 Å². The first-order valence-corrected chi connectivity index (χ1v) is 8.73. The molecule has 144 valence electrons. The molecule has 4 nitrogen and oxygen atoms in total. The Balaban J connectivity index is 0.00000205. The summed E-state index contributed by atoms with van der Waals surface area (Å²) in [5.74, 6) is -0.591. The smallest absolute Gasteiger partial charge is 0.137 e. The number of hydrogen-bond donors (Lipinski definition) is 0. The molecule has 5 rings (SSSR count). The Kier molecular flexibility index (Phi) is 4.86. The third kappa shape index (κ3) is 3.39. The summed E-state index contributed by atoms with van der Waals surface area (Å²) in [6.07, 6.45) is 5.44. The highest BCUT2D eigenvalue weighted by Gasteiger charge is 2.11. The van der Waals surface area contributed by atoms with Crippen LogP contribution in [-0.4, -0.2) is 19.2 Å². The van der Waals surface area contributed by atoms with Gasteiger partial charge in [-0.15, -0.1) is 12.4 Å². The summed E-state index contributed by atoms with van der Waals surface area (Å²) in [4.78, 5) is 4.41. The molecule has 7 heteroatoms. The Morgan fingerprint density at radius 2 is 1.62 bits per heavy atom. The van der Waals surface area contributed by atoms with Crippen molar-refractivity contribution in [2.75, 3.05) is 0 Å². The van der Waals surface area contributed by atoms with Crippen LogP contribution in [0.3, 0.4) is 0 Å². The Bertz CT molecular complexity index is 1290. The number of rotatable bonds is 3. The number of benzene rings is 2. The third-order valence-corrected chi connectivity index (χ3v) is 4.63. The lowest BCUT2D eigenvalue weighted by Gasteiger charge is -2.06. The fourth-order valence-corrected chi connectivity index (χ4v) is 3.22. The standard InChI is InChI=1S/C22H14F2N4.ClH/c23-16-7-5-15(6-8-16)21-13-25-22-10-9-17(14-27(21)22)28-12-11-20(26-28)18-3-1-2-4-19(18)24;/h1-14H;1H. The first-order valence-electron chi connectivity index (χ1n) is 8.73. The SMILES string of the molecule is Cl.Fc1ccc(-c2cnc3ccc(-n4ccc(-c5ccccc5F)n4)cn23)cc1. The summed E-state index contributed by atoms with van der Waals surface area (Å²) in [6, 6.07) is 18.4. The van der Waals surface area contributed by atoms with Crippen LogP contribution in [0.4, 0.5) is 8.78 Å². The predicted octanol–water partition coefficient (Wildman–Crippen LogP) is 5.55. The van der Waals surface area contributed by atoms with Gasteiger partial charge in [-0.3, -0.25) is 4.40 Å². The number of nitrogens with zero attached hydrogens (tertiary/aromatic N) is 4. The maximum atomic E-state index is 14.0. The second-order valence-electron chi connectivity index (χ2n) is 6.39. The van der Waals surface area contributed by atoms with E-state index in [-0.39, 0.29) is 24.0 Å². The molecule has 3 heterocycles. The molecule has 2 aromatic carbocycles. The summed E-state index contributed by atoms with van der Waals surface area (Å²) in [5, 5.41) is 4.51. The molecule has 0 radical (unpaired) electrons. The van der Waals surface area contributed by atoms with E-state index in [0.29, 0.717) is 11.3 Å². The highest BCUT2D eigenvalue weighted by atomic mass is 35.5. The van der Waals surface area contributed by atoms with Gasteiger partial charge in [0.1, 0.15) is 17.3 Å². The van der Waals surface area contributed by atoms with E-state index >= 15 is 0 Å². The summed E-state index contributed by atoms with van der Waals surface area (Å²) >= 11 is 0. The maximum absolute atomic E-state index is 14.0. The van der Waals surface area contributed by atoms with Crippen LogP contribution in [0.1, 0.15) is 0 Å². The van der Waals surface area contributed by atoms with E-state index in [1.807, 2.05) is 22.7 Å². The number of pyridine rings is 1. The molecule has 5 aromatic rings. The first kappa shape index (κ1) is 18.8. The minimum Gasteiger partial charge on any atom is -0.298 e. The lowest BCUT2D eigenvalue weighted by atomic mass is 10.1. The monoisotopic (exact) mass is 408 g/mol. The summed E-state index contributed by atoms with van der Waals surface area (Å²) in [7, 11) is 0. The average molecular weight is 409 g/mol. The summed E-state index contributed by atoms with van der Waals surface area (Å²) in [5.41, 5.74) is 4.29. The molecular weight excluding hydrogens is 394 g/mol.